The zero-order chi connectivity index (χ0) is 17.0. The Morgan fingerprint density at radius 2 is 1.87 bits per heavy atom. The van der Waals surface area contributed by atoms with E-state index in [0.717, 1.165) is 12.1 Å². The number of carbonyl (C=O) groups is 1. The maximum Gasteiger partial charge on any atom is 0.320 e. The fourth-order valence-corrected chi connectivity index (χ4v) is 2.31. The third kappa shape index (κ3) is 4.39. The molecular weight excluding hydrogens is 304 g/mol. The summed E-state index contributed by atoms with van der Waals surface area (Å²) in [4.78, 5) is 11.2. The highest BCUT2D eigenvalue weighted by Crippen LogP contribution is 2.27. The maximum absolute atomic E-state index is 13.7. The summed E-state index contributed by atoms with van der Waals surface area (Å²) in [7, 11) is 0. The van der Waals surface area contributed by atoms with Gasteiger partial charge in [-0.2, -0.15) is 0 Å². The number of carboxylic acids is 1. The summed E-state index contributed by atoms with van der Waals surface area (Å²) in [6.07, 6.45) is 0.477. The lowest BCUT2D eigenvalue weighted by Gasteiger charge is -2.15. The van der Waals surface area contributed by atoms with E-state index in [1.165, 1.54) is 12.1 Å². The predicted octanol–water partition coefficient (Wildman–Crippen LogP) is 3.81. The molecule has 0 saturated heterocycles. The van der Waals surface area contributed by atoms with E-state index >= 15 is 0 Å². The summed E-state index contributed by atoms with van der Waals surface area (Å²) in [5, 5.41) is 12.0. The van der Waals surface area contributed by atoms with Gasteiger partial charge in [-0.15, -0.1) is 0 Å². The van der Waals surface area contributed by atoms with Gasteiger partial charge in [0, 0.05) is 0 Å². The molecule has 0 bridgehead atoms. The molecular formula is C17H19F2NO3. The van der Waals surface area contributed by atoms with Crippen LogP contribution in [0.5, 0.6) is 0 Å². The molecule has 124 valence electrons. The van der Waals surface area contributed by atoms with Crippen molar-refractivity contribution < 1.29 is 23.1 Å². The zero-order valence-electron chi connectivity index (χ0n) is 13.0. The van der Waals surface area contributed by atoms with Gasteiger partial charge in [-0.3, -0.25) is 10.1 Å². The Balaban J connectivity index is 2.09. The van der Waals surface area contributed by atoms with E-state index in [-0.39, 0.29) is 23.8 Å². The number of hydrogen-bond acceptors (Lipinski definition) is 3. The van der Waals surface area contributed by atoms with Crippen LogP contribution >= 0.6 is 0 Å². The number of nitrogens with one attached hydrogen (secondary N) is 1. The minimum atomic E-state index is -0.939. The molecule has 0 aliphatic heterocycles. The normalized spacial score (nSPS) is 12.6. The van der Waals surface area contributed by atoms with E-state index < -0.39 is 23.6 Å². The van der Waals surface area contributed by atoms with Gasteiger partial charge in [-0.1, -0.05) is 19.9 Å². The average Bonchev–Trinajstić information content (AvgIpc) is 2.91. The van der Waals surface area contributed by atoms with Crippen molar-refractivity contribution in [1.82, 2.24) is 5.32 Å². The summed E-state index contributed by atoms with van der Waals surface area (Å²) in [6, 6.07) is 5.93. The van der Waals surface area contributed by atoms with Crippen LogP contribution in [0.2, 0.25) is 0 Å². The smallest absolute Gasteiger partial charge is 0.320 e. The van der Waals surface area contributed by atoms with Crippen molar-refractivity contribution in [1.29, 1.82) is 0 Å². The minimum Gasteiger partial charge on any atom is -0.480 e. The Bertz CT molecular complexity index is 662. The Kier molecular flexibility index (Phi) is 5.50. The molecule has 4 nitrogen and oxygen atoms in total. The second kappa shape index (κ2) is 7.37. The maximum atomic E-state index is 13.7. The first-order chi connectivity index (χ1) is 10.9. The molecule has 0 aliphatic carbocycles. The van der Waals surface area contributed by atoms with Gasteiger partial charge in [0.05, 0.1) is 12.1 Å². The molecule has 0 aliphatic rings. The van der Waals surface area contributed by atoms with Crippen LogP contribution in [0.25, 0.3) is 11.3 Å². The van der Waals surface area contributed by atoms with Crippen molar-refractivity contribution >= 4 is 5.97 Å². The lowest BCUT2D eigenvalue weighted by atomic mass is 10.0. The monoisotopic (exact) mass is 323 g/mol. The van der Waals surface area contributed by atoms with E-state index in [9.17, 15) is 13.6 Å². The van der Waals surface area contributed by atoms with Crippen LogP contribution in [0.1, 0.15) is 26.0 Å². The van der Waals surface area contributed by atoms with Gasteiger partial charge < -0.3 is 9.52 Å². The highest BCUT2D eigenvalue weighted by atomic mass is 19.1. The Hall–Kier alpha value is -2.21. The number of furan rings is 1. The van der Waals surface area contributed by atoms with Crippen molar-refractivity contribution in [2.75, 3.05) is 0 Å². The van der Waals surface area contributed by atoms with Crippen molar-refractivity contribution in [3.05, 3.63) is 47.7 Å². The van der Waals surface area contributed by atoms with Crippen LogP contribution in [0.4, 0.5) is 8.78 Å². The molecule has 0 spiro atoms. The lowest BCUT2D eigenvalue weighted by molar-refractivity contribution is -0.140. The van der Waals surface area contributed by atoms with Crippen LogP contribution < -0.4 is 5.32 Å². The fourth-order valence-electron chi connectivity index (χ4n) is 2.31. The second-order valence-electron chi connectivity index (χ2n) is 5.76. The van der Waals surface area contributed by atoms with E-state index in [0.29, 0.717) is 12.2 Å². The summed E-state index contributed by atoms with van der Waals surface area (Å²) >= 11 is 0. The van der Waals surface area contributed by atoms with Crippen molar-refractivity contribution in [2.45, 2.75) is 32.9 Å². The Morgan fingerprint density at radius 3 is 2.43 bits per heavy atom. The number of aliphatic carboxylic acids is 1. The number of halogens is 2. The van der Waals surface area contributed by atoms with Crippen LogP contribution in [0, 0.1) is 17.6 Å². The third-order valence-corrected chi connectivity index (χ3v) is 3.40. The summed E-state index contributed by atoms with van der Waals surface area (Å²) in [5.74, 6) is -1.64. The van der Waals surface area contributed by atoms with Crippen LogP contribution in [-0.2, 0) is 11.3 Å². The summed E-state index contributed by atoms with van der Waals surface area (Å²) in [6.45, 7) is 4.03. The number of rotatable bonds is 7. The predicted molar refractivity (Wildman–Crippen MR) is 81.8 cm³/mol. The van der Waals surface area contributed by atoms with Crippen LogP contribution in [0.15, 0.2) is 34.7 Å². The quantitative estimate of drug-likeness (QED) is 0.813. The number of carboxylic acid groups (broad SMARTS) is 1. The van der Waals surface area contributed by atoms with Crippen molar-refractivity contribution in [3.63, 3.8) is 0 Å². The highest BCUT2D eigenvalue weighted by molar-refractivity contribution is 5.73. The van der Waals surface area contributed by atoms with Crippen LogP contribution in [-0.4, -0.2) is 17.1 Å². The molecule has 1 aromatic heterocycles. The van der Waals surface area contributed by atoms with Gasteiger partial charge >= 0.3 is 5.97 Å². The Morgan fingerprint density at radius 1 is 1.22 bits per heavy atom. The molecule has 0 amide bonds. The fraction of sp³-hybridized carbons (Fsp3) is 0.353. The van der Waals surface area contributed by atoms with Gasteiger partial charge in [0.25, 0.3) is 0 Å². The standard InChI is InChI=1S/C17H19F2NO3/c1-10(2)8-14(17(21)22)20-9-11-6-7-15(23-11)16-12(18)4-3-5-13(16)19/h3-7,10,14,20H,8-9H2,1-2H3,(H,21,22)/t14-/m0/s1. The molecule has 0 unspecified atom stereocenters. The second-order valence-corrected chi connectivity index (χ2v) is 5.76. The van der Waals surface area contributed by atoms with Gasteiger partial charge in [0.15, 0.2) is 0 Å². The van der Waals surface area contributed by atoms with Crippen LogP contribution in [0.3, 0.4) is 0 Å². The van der Waals surface area contributed by atoms with E-state index in [2.05, 4.69) is 5.32 Å². The van der Waals surface area contributed by atoms with E-state index in [1.54, 1.807) is 6.07 Å². The number of benzene rings is 1. The first kappa shape index (κ1) is 17.1. The first-order valence-electron chi connectivity index (χ1n) is 7.37. The lowest BCUT2D eigenvalue weighted by Crippen LogP contribution is -2.37. The molecule has 2 aromatic rings. The molecule has 1 heterocycles. The van der Waals surface area contributed by atoms with Gasteiger partial charge in [-0.05, 0) is 36.6 Å². The topological polar surface area (TPSA) is 62.5 Å². The molecule has 2 rings (SSSR count). The molecule has 23 heavy (non-hydrogen) atoms. The van der Waals surface area contributed by atoms with Crippen molar-refractivity contribution in [3.8, 4) is 11.3 Å². The summed E-state index contributed by atoms with van der Waals surface area (Å²) in [5.41, 5.74) is -0.226. The zero-order valence-corrected chi connectivity index (χ0v) is 13.0. The molecule has 0 fully saturated rings. The van der Waals surface area contributed by atoms with Crippen molar-refractivity contribution in [2.24, 2.45) is 5.92 Å². The number of hydrogen-bond donors (Lipinski definition) is 2. The molecule has 0 radical (unpaired) electrons. The molecule has 1 atom stereocenters. The molecule has 2 N–H and O–H groups in total. The third-order valence-electron chi connectivity index (χ3n) is 3.40. The largest absolute Gasteiger partial charge is 0.480 e. The molecule has 6 heteroatoms. The molecule has 1 aromatic carbocycles. The van der Waals surface area contributed by atoms with E-state index in [1.807, 2.05) is 13.8 Å². The highest BCUT2D eigenvalue weighted by Gasteiger charge is 2.19. The minimum absolute atomic E-state index is 0.0770. The average molecular weight is 323 g/mol. The van der Waals surface area contributed by atoms with E-state index in [4.69, 9.17) is 9.52 Å². The first-order valence-corrected chi connectivity index (χ1v) is 7.37. The summed E-state index contributed by atoms with van der Waals surface area (Å²) < 4.78 is 32.9. The Labute approximate surface area is 133 Å². The SMILES string of the molecule is CC(C)C[C@H](NCc1ccc(-c2c(F)cccc2F)o1)C(=O)O. The molecule has 0 saturated carbocycles. The van der Waals surface area contributed by atoms with Gasteiger partial charge in [0.1, 0.15) is 29.2 Å². The van der Waals surface area contributed by atoms with Gasteiger partial charge in [0.2, 0.25) is 0 Å². The van der Waals surface area contributed by atoms with Gasteiger partial charge in [-0.25, -0.2) is 8.78 Å².